The molecule has 1 heteroatoms. The van der Waals surface area contributed by atoms with E-state index in [0.29, 0.717) is 5.92 Å². The van der Waals surface area contributed by atoms with Crippen LogP contribution in [0.25, 0.3) is 0 Å². The molecule has 88 valence electrons. The number of aliphatic hydroxyl groups is 1. The zero-order chi connectivity index (χ0) is 11.6. The summed E-state index contributed by atoms with van der Waals surface area (Å²) in [5.41, 5.74) is 1.80. The lowest BCUT2D eigenvalue weighted by molar-refractivity contribution is -0.0217. The van der Waals surface area contributed by atoms with Crippen LogP contribution in [0.15, 0.2) is 24.3 Å². The van der Waals surface area contributed by atoms with E-state index in [4.69, 9.17) is 0 Å². The van der Waals surface area contributed by atoms with E-state index in [1.54, 1.807) is 0 Å². The second kappa shape index (κ2) is 4.58. The van der Waals surface area contributed by atoms with E-state index in [0.717, 1.165) is 24.8 Å². The lowest BCUT2D eigenvalue weighted by Gasteiger charge is -2.37. The fourth-order valence-corrected chi connectivity index (χ4v) is 2.84. The smallest absolute Gasteiger partial charge is 0.0899 e. The number of hydrogen-bond acceptors (Lipinski definition) is 1. The first-order valence-corrected chi connectivity index (χ1v) is 6.43. The Morgan fingerprint density at radius 1 is 1.31 bits per heavy atom. The third-order valence-corrected chi connectivity index (χ3v) is 4.00. The molecule has 2 unspecified atom stereocenters. The summed E-state index contributed by atoms with van der Waals surface area (Å²) in [4.78, 5) is 0. The topological polar surface area (TPSA) is 20.2 Å². The Morgan fingerprint density at radius 3 is 2.62 bits per heavy atom. The van der Waals surface area contributed by atoms with E-state index >= 15 is 0 Å². The average Bonchev–Trinajstić information content (AvgIpc) is 2.29. The van der Waals surface area contributed by atoms with Crippen molar-refractivity contribution in [3.8, 4) is 0 Å². The molecule has 0 spiro atoms. The summed E-state index contributed by atoms with van der Waals surface area (Å²) < 4.78 is 0. The summed E-state index contributed by atoms with van der Waals surface area (Å²) in [7, 11) is 0. The van der Waals surface area contributed by atoms with Gasteiger partial charge in [0.25, 0.3) is 0 Å². The Morgan fingerprint density at radius 2 is 2.00 bits per heavy atom. The lowest BCUT2D eigenvalue weighted by atomic mass is 9.73. The van der Waals surface area contributed by atoms with Gasteiger partial charge < -0.3 is 5.11 Å². The Kier molecular flexibility index (Phi) is 3.34. The predicted molar refractivity (Wildman–Crippen MR) is 67.3 cm³/mol. The quantitative estimate of drug-likeness (QED) is 0.801. The Hall–Kier alpha value is -0.820. The first-order valence-electron chi connectivity index (χ1n) is 6.43. The van der Waals surface area contributed by atoms with Crippen LogP contribution in [0, 0.1) is 12.8 Å². The normalized spacial score (nSPS) is 30.3. The van der Waals surface area contributed by atoms with E-state index < -0.39 is 5.60 Å². The number of benzene rings is 1. The van der Waals surface area contributed by atoms with Crippen molar-refractivity contribution in [3.05, 3.63) is 35.4 Å². The van der Waals surface area contributed by atoms with Crippen molar-refractivity contribution in [1.29, 1.82) is 0 Å². The van der Waals surface area contributed by atoms with Gasteiger partial charge in [-0.25, -0.2) is 0 Å². The molecule has 1 saturated carbocycles. The second-order valence-electron chi connectivity index (χ2n) is 5.27. The fourth-order valence-electron chi connectivity index (χ4n) is 2.84. The van der Waals surface area contributed by atoms with Crippen LogP contribution in [0.4, 0.5) is 0 Å². The monoisotopic (exact) mass is 218 g/mol. The predicted octanol–water partition coefficient (Wildman–Crippen LogP) is 3.78. The van der Waals surface area contributed by atoms with Crippen molar-refractivity contribution in [1.82, 2.24) is 0 Å². The molecule has 1 aliphatic rings. The third-order valence-electron chi connectivity index (χ3n) is 4.00. The molecule has 2 atom stereocenters. The van der Waals surface area contributed by atoms with Gasteiger partial charge in [-0.3, -0.25) is 0 Å². The van der Waals surface area contributed by atoms with Crippen molar-refractivity contribution >= 4 is 0 Å². The molecule has 1 aromatic rings. The molecule has 1 N–H and O–H groups in total. The molecule has 1 aromatic carbocycles. The highest BCUT2D eigenvalue weighted by Crippen LogP contribution is 2.40. The minimum absolute atomic E-state index is 0.563. The lowest BCUT2D eigenvalue weighted by Crippen LogP contribution is -2.32. The van der Waals surface area contributed by atoms with E-state index in [2.05, 4.69) is 38.1 Å². The Balaban J connectivity index is 2.20. The molecule has 0 aromatic heterocycles. The van der Waals surface area contributed by atoms with Gasteiger partial charge in [-0.15, -0.1) is 0 Å². The first-order chi connectivity index (χ1) is 7.64. The maximum Gasteiger partial charge on any atom is 0.0899 e. The van der Waals surface area contributed by atoms with Gasteiger partial charge in [0.15, 0.2) is 0 Å². The van der Waals surface area contributed by atoms with Crippen molar-refractivity contribution in [2.75, 3.05) is 0 Å². The standard InChI is InChI=1S/C15H22O/c1-3-13-5-4-10-15(16,11-13)14-8-6-12(2)7-9-14/h6-9,13,16H,3-5,10-11H2,1-2H3. The van der Waals surface area contributed by atoms with Gasteiger partial charge in [-0.1, -0.05) is 49.6 Å². The van der Waals surface area contributed by atoms with Crippen LogP contribution in [0.1, 0.15) is 50.2 Å². The highest BCUT2D eigenvalue weighted by atomic mass is 16.3. The van der Waals surface area contributed by atoms with Crippen molar-refractivity contribution in [3.63, 3.8) is 0 Å². The molecule has 2 rings (SSSR count). The molecular weight excluding hydrogens is 196 g/mol. The molecule has 1 fully saturated rings. The zero-order valence-electron chi connectivity index (χ0n) is 10.4. The molecule has 0 aliphatic heterocycles. The molecule has 0 amide bonds. The highest BCUT2D eigenvalue weighted by molar-refractivity contribution is 5.27. The van der Waals surface area contributed by atoms with Crippen LogP contribution in [0.2, 0.25) is 0 Å². The van der Waals surface area contributed by atoms with E-state index in [9.17, 15) is 5.11 Å². The van der Waals surface area contributed by atoms with Gasteiger partial charge in [0, 0.05) is 0 Å². The molecule has 1 nitrogen and oxygen atoms in total. The van der Waals surface area contributed by atoms with Gasteiger partial charge in [0.05, 0.1) is 5.60 Å². The highest BCUT2D eigenvalue weighted by Gasteiger charge is 2.34. The summed E-state index contributed by atoms with van der Waals surface area (Å²) >= 11 is 0. The molecule has 0 saturated heterocycles. The molecule has 0 bridgehead atoms. The van der Waals surface area contributed by atoms with E-state index in [-0.39, 0.29) is 0 Å². The van der Waals surface area contributed by atoms with Crippen molar-refractivity contribution < 1.29 is 5.11 Å². The van der Waals surface area contributed by atoms with Gasteiger partial charge in [0.1, 0.15) is 0 Å². The van der Waals surface area contributed by atoms with Gasteiger partial charge in [-0.2, -0.15) is 0 Å². The van der Waals surface area contributed by atoms with E-state index in [1.165, 1.54) is 18.4 Å². The second-order valence-corrected chi connectivity index (χ2v) is 5.27. The maximum atomic E-state index is 10.7. The zero-order valence-corrected chi connectivity index (χ0v) is 10.4. The van der Waals surface area contributed by atoms with Gasteiger partial charge >= 0.3 is 0 Å². The summed E-state index contributed by atoms with van der Waals surface area (Å²) in [5.74, 6) is 0.694. The fraction of sp³-hybridized carbons (Fsp3) is 0.600. The summed E-state index contributed by atoms with van der Waals surface area (Å²) in [6.45, 7) is 4.31. The van der Waals surface area contributed by atoms with Crippen LogP contribution in [0.5, 0.6) is 0 Å². The van der Waals surface area contributed by atoms with Crippen LogP contribution in [-0.4, -0.2) is 5.11 Å². The van der Waals surface area contributed by atoms with Gasteiger partial charge in [-0.05, 0) is 37.7 Å². The molecular formula is C15H22O. The van der Waals surface area contributed by atoms with Crippen molar-refractivity contribution in [2.24, 2.45) is 5.92 Å². The van der Waals surface area contributed by atoms with Crippen LogP contribution in [0.3, 0.4) is 0 Å². The SMILES string of the molecule is CCC1CCCC(O)(c2ccc(C)cc2)C1. The minimum atomic E-state index is -0.563. The number of rotatable bonds is 2. The first kappa shape index (κ1) is 11.7. The summed E-state index contributed by atoms with van der Waals surface area (Å²) in [6.07, 6.45) is 5.49. The number of aryl methyl sites for hydroxylation is 1. The minimum Gasteiger partial charge on any atom is -0.385 e. The molecule has 0 radical (unpaired) electrons. The summed E-state index contributed by atoms with van der Waals surface area (Å²) in [5, 5.41) is 10.7. The Labute approximate surface area is 98.5 Å². The Bertz CT molecular complexity index is 341. The maximum absolute atomic E-state index is 10.7. The number of hydrogen-bond donors (Lipinski definition) is 1. The average molecular weight is 218 g/mol. The largest absolute Gasteiger partial charge is 0.385 e. The molecule has 16 heavy (non-hydrogen) atoms. The van der Waals surface area contributed by atoms with Crippen LogP contribution < -0.4 is 0 Å². The molecule has 0 heterocycles. The third kappa shape index (κ3) is 2.30. The summed E-state index contributed by atoms with van der Waals surface area (Å²) in [6, 6.07) is 8.38. The molecule has 1 aliphatic carbocycles. The van der Waals surface area contributed by atoms with E-state index in [1.807, 2.05) is 0 Å². The van der Waals surface area contributed by atoms with Crippen LogP contribution in [-0.2, 0) is 5.60 Å². The van der Waals surface area contributed by atoms with Gasteiger partial charge in [0.2, 0.25) is 0 Å². The van der Waals surface area contributed by atoms with Crippen LogP contribution >= 0.6 is 0 Å². The van der Waals surface area contributed by atoms with Crippen molar-refractivity contribution in [2.45, 2.75) is 51.6 Å².